The van der Waals surface area contributed by atoms with E-state index in [1.165, 1.54) is 13.8 Å². The Morgan fingerprint density at radius 2 is 1.26 bits per heavy atom. The first-order valence-corrected chi connectivity index (χ1v) is 4.76. The van der Waals surface area contributed by atoms with Crippen LogP contribution in [0, 0.1) is 0 Å². The average molecular weight is 293 g/mol. The number of carbonyl (C=O) groups excluding carboxylic acids is 1. The van der Waals surface area contributed by atoms with Gasteiger partial charge in [0.1, 0.15) is 0 Å². The van der Waals surface area contributed by atoms with Crippen molar-refractivity contribution in [2.75, 3.05) is 6.61 Å². The van der Waals surface area contributed by atoms with E-state index in [-0.39, 0.29) is 22.1 Å². The minimum absolute atomic E-state index is 0. The number of carbonyl (C=O) groups is 3. The Balaban J connectivity index is -0.0000000865. The van der Waals surface area contributed by atoms with Gasteiger partial charge in [0.2, 0.25) is 0 Å². The number of ether oxygens (including phenoxy) is 1. The third-order valence-electron chi connectivity index (χ3n) is 1.02. The molecule has 1 amide bonds. The summed E-state index contributed by atoms with van der Waals surface area (Å²) in [6.07, 6.45) is -0.711. The average Bonchev–Trinajstić information content (AvgIpc) is 2.18. The molecule has 0 saturated carbocycles. The molecular weight excluding hydrogens is 270 g/mol. The summed E-state index contributed by atoms with van der Waals surface area (Å²) >= 11 is 0. The Bertz CT molecular complexity index is 279. The summed E-state index contributed by atoms with van der Waals surface area (Å²) in [5.74, 6) is -1.87. The lowest BCUT2D eigenvalue weighted by Crippen LogP contribution is -2.11. The lowest BCUT2D eigenvalue weighted by Gasteiger charge is -1.89. The molecule has 0 spiro atoms. The van der Waals surface area contributed by atoms with Crippen molar-refractivity contribution in [3.63, 3.8) is 0 Å². The fraction of sp³-hybridized carbons (Fsp3) is 0.364. The van der Waals surface area contributed by atoms with Crippen molar-refractivity contribution in [3.05, 3.63) is 24.3 Å². The standard InChI is InChI=1S/2C4H6O2.C3H7NO2.H4Si/c2*1-3(2)4(5)6;1-2-6-3(4)5;/h2*1H2,2H3,(H,5,6);2H2,1H3,(H2,4,5);1H4. The summed E-state index contributed by atoms with van der Waals surface area (Å²) in [6, 6.07) is 0. The second-order valence-corrected chi connectivity index (χ2v) is 2.92. The molecule has 0 bridgehead atoms. The predicted octanol–water partition coefficient (Wildman–Crippen LogP) is -0.0558. The maximum atomic E-state index is 9.60. The van der Waals surface area contributed by atoms with Crippen molar-refractivity contribution in [2.45, 2.75) is 20.8 Å². The first kappa shape index (κ1) is 25.7. The van der Waals surface area contributed by atoms with Gasteiger partial charge in [0, 0.05) is 11.1 Å². The molecule has 7 nitrogen and oxygen atoms in total. The van der Waals surface area contributed by atoms with Gasteiger partial charge in [-0.2, -0.15) is 0 Å². The zero-order chi connectivity index (χ0) is 15.3. The van der Waals surface area contributed by atoms with Gasteiger partial charge in [-0.1, -0.05) is 13.2 Å². The van der Waals surface area contributed by atoms with Crippen LogP contribution in [0.4, 0.5) is 4.79 Å². The number of hydrogen-bond donors (Lipinski definition) is 3. The van der Waals surface area contributed by atoms with E-state index in [4.69, 9.17) is 10.2 Å². The lowest BCUT2D eigenvalue weighted by atomic mass is 10.4. The van der Waals surface area contributed by atoms with Crippen molar-refractivity contribution in [1.82, 2.24) is 0 Å². The highest BCUT2D eigenvalue weighted by Crippen LogP contribution is 1.81. The summed E-state index contributed by atoms with van der Waals surface area (Å²) in [6.45, 7) is 11.3. The molecule has 4 N–H and O–H groups in total. The molecule has 19 heavy (non-hydrogen) atoms. The number of aliphatic carboxylic acids is 2. The van der Waals surface area contributed by atoms with Crippen LogP contribution in [0.25, 0.3) is 0 Å². The molecule has 0 radical (unpaired) electrons. The summed E-state index contributed by atoms with van der Waals surface area (Å²) in [5.41, 5.74) is 4.89. The van der Waals surface area contributed by atoms with Gasteiger partial charge in [-0.05, 0) is 31.7 Å². The van der Waals surface area contributed by atoms with Gasteiger partial charge < -0.3 is 20.7 Å². The second-order valence-electron chi connectivity index (χ2n) is 2.92. The van der Waals surface area contributed by atoms with E-state index in [1.807, 2.05) is 0 Å². The number of amides is 1. The van der Waals surface area contributed by atoms with E-state index in [9.17, 15) is 14.4 Å². The van der Waals surface area contributed by atoms with Gasteiger partial charge in [-0.15, -0.1) is 0 Å². The Morgan fingerprint density at radius 3 is 1.26 bits per heavy atom. The van der Waals surface area contributed by atoms with Crippen LogP contribution in [0.2, 0.25) is 0 Å². The van der Waals surface area contributed by atoms with E-state index in [0.29, 0.717) is 6.61 Å². The smallest absolute Gasteiger partial charge is 0.404 e. The maximum absolute atomic E-state index is 9.60. The van der Waals surface area contributed by atoms with Gasteiger partial charge in [0.05, 0.1) is 6.61 Å². The maximum Gasteiger partial charge on any atom is 0.404 e. The van der Waals surface area contributed by atoms with Crippen LogP contribution < -0.4 is 5.73 Å². The fourth-order valence-electron chi connectivity index (χ4n) is 0.142. The molecule has 0 aliphatic rings. The fourth-order valence-corrected chi connectivity index (χ4v) is 0.142. The molecule has 0 aromatic carbocycles. The van der Waals surface area contributed by atoms with Crippen molar-refractivity contribution in [2.24, 2.45) is 5.73 Å². The van der Waals surface area contributed by atoms with Gasteiger partial charge in [0.15, 0.2) is 0 Å². The third-order valence-corrected chi connectivity index (χ3v) is 1.02. The lowest BCUT2D eigenvalue weighted by molar-refractivity contribution is -0.133. The van der Waals surface area contributed by atoms with E-state index in [1.54, 1.807) is 6.92 Å². The monoisotopic (exact) mass is 293 g/mol. The molecule has 0 rings (SSSR count). The number of hydrogen-bond acceptors (Lipinski definition) is 4. The molecule has 0 saturated heterocycles. The molecule has 8 heteroatoms. The van der Waals surface area contributed by atoms with Crippen LogP contribution in [-0.2, 0) is 14.3 Å². The zero-order valence-corrected chi connectivity index (χ0v) is 10.7. The molecular formula is C11H23NO6Si. The van der Waals surface area contributed by atoms with Crippen molar-refractivity contribution in [1.29, 1.82) is 0 Å². The van der Waals surface area contributed by atoms with Gasteiger partial charge >= 0.3 is 18.0 Å². The molecule has 0 aliphatic heterocycles. The Morgan fingerprint density at radius 1 is 1.05 bits per heavy atom. The van der Waals surface area contributed by atoms with Crippen LogP contribution >= 0.6 is 0 Å². The summed E-state index contributed by atoms with van der Waals surface area (Å²) < 4.78 is 4.18. The minimum Gasteiger partial charge on any atom is -0.478 e. The molecule has 0 unspecified atom stereocenters. The SMILES string of the molecule is C=C(C)C(=O)O.C=C(C)C(=O)O.CCOC(N)=O.[SiH4]. The van der Waals surface area contributed by atoms with Crippen LogP contribution in [0.3, 0.4) is 0 Å². The van der Waals surface area contributed by atoms with Crippen molar-refractivity contribution >= 4 is 29.0 Å². The normalized spacial score (nSPS) is 7.11. The first-order valence-electron chi connectivity index (χ1n) is 4.76. The Hall–Kier alpha value is -2.09. The van der Waals surface area contributed by atoms with Crippen molar-refractivity contribution < 1.29 is 29.3 Å². The minimum atomic E-state index is -0.935. The molecule has 0 atom stereocenters. The van der Waals surface area contributed by atoms with Crippen LogP contribution in [0.1, 0.15) is 20.8 Å². The molecule has 112 valence electrons. The number of rotatable bonds is 3. The Kier molecular flexibility index (Phi) is 21.5. The number of nitrogens with two attached hydrogens (primary N) is 1. The molecule has 0 heterocycles. The van der Waals surface area contributed by atoms with E-state index in [0.717, 1.165) is 0 Å². The highest BCUT2D eigenvalue weighted by molar-refractivity contribution is 5.85. The van der Waals surface area contributed by atoms with E-state index >= 15 is 0 Å². The molecule has 0 aliphatic carbocycles. The number of carboxylic acids is 2. The van der Waals surface area contributed by atoms with Crippen molar-refractivity contribution in [3.8, 4) is 0 Å². The van der Waals surface area contributed by atoms with Gasteiger partial charge in [-0.25, -0.2) is 14.4 Å². The highest BCUT2D eigenvalue weighted by Gasteiger charge is 1.90. The van der Waals surface area contributed by atoms with Crippen LogP contribution in [-0.4, -0.2) is 45.8 Å². The number of carboxylic acid groups (broad SMARTS) is 2. The Labute approximate surface area is 116 Å². The van der Waals surface area contributed by atoms with Gasteiger partial charge in [-0.3, -0.25) is 0 Å². The topological polar surface area (TPSA) is 127 Å². The zero-order valence-electron chi connectivity index (χ0n) is 10.7. The summed E-state index contributed by atoms with van der Waals surface area (Å²) in [7, 11) is 0. The highest BCUT2D eigenvalue weighted by atomic mass is 28.1. The second kappa shape index (κ2) is 15.9. The largest absolute Gasteiger partial charge is 0.478 e. The third kappa shape index (κ3) is 38.8. The molecule has 0 fully saturated rings. The summed E-state index contributed by atoms with van der Waals surface area (Å²) in [5, 5.41) is 15.8. The van der Waals surface area contributed by atoms with E-state index in [2.05, 4.69) is 23.6 Å². The predicted molar refractivity (Wildman–Crippen MR) is 77.4 cm³/mol. The van der Waals surface area contributed by atoms with Crippen LogP contribution in [0.15, 0.2) is 24.3 Å². The first-order chi connectivity index (χ1) is 8.06. The van der Waals surface area contributed by atoms with Gasteiger partial charge in [0.25, 0.3) is 0 Å². The van der Waals surface area contributed by atoms with E-state index < -0.39 is 18.0 Å². The molecule has 0 aromatic heterocycles. The molecule has 0 aromatic rings. The van der Waals surface area contributed by atoms with Crippen LogP contribution in [0.5, 0.6) is 0 Å². The number of primary amides is 1. The summed E-state index contributed by atoms with van der Waals surface area (Å²) in [4.78, 5) is 28.8. The quantitative estimate of drug-likeness (QED) is 0.494.